The standard InChI is InChI=1S/C22H28N2O5S/c1-3-5-6-17-7-9-18(10-8-17)23-22(25)16-24(30(26,27)4-2)19-11-12-20-21(15-19)29-14-13-28-20/h7-12,15H,3-6,13-14,16H2,1-2H3,(H,23,25). The van der Waals surface area contributed by atoms with Crippen LogP contribution in [0.2, 0.25) is 0 Å². The van der Waals surface area contributed by atoms with E-state index in [1.54, 1.807) is 25.1 Å². The Kier molecular flexibility index (Phi) is 7.20. The van der Waals surface area contributed by atoms with Crippen molar-refractivity contribution in [3.63, 3.8) is 0 Å². The van der Waals surface area contributed by atoms with E-state index in [9.17, 15) is 13.2 Å². The average molecular weight is 433 g/mol. The summed E-state index contributed by atoms with van der Waals surface area (Å²) in [6.45, 7) is 4.21. The van der Waals surface area contributed by atoms with Gasteiger partial charge in [0.2, 0.25) is 15.9 Å². The lowest BCUT2D eigenvalue weighted by molar-refractivity contribution is -0.114. The van der Waals surface area contributed by atoms with Crippen LogP contribution in [0.1, 0.15) is 32.3 Å². The van der Waals surface area contributed by atoms with E-state index in [0.29, 0.717) is 36.1 Å². The second-order valence-electron chi connectivity index (χ2n) is 7.08. The first-order valence-electron chi connectivity index (χ1n) is 10.2. The number of ether oxygens (including phenoxy) is 2. The van der Waals surface area contributed by atoms with Crippen molar-refractivity contribution in [2.75, 3.05) is 35.1 Å². The molecule has 1 aliphatic rings. The Morgan fingerprint density at radius 2 is 1.73 bits per heavy atom. The topological polar surface area (TPSA) is 84.9 Å². The molecular weight excluding hydrogens is 404 g/mol. The zero-order valence-corrected chi connectivity index (χ0v) is 18.2. The van der Waals surface area contributed by atoms with Crippen LogP contribution in [0.4, 0.5) is 11.4 Å². The first-order chi connectivity index (χ1) is 14.4. The van der Waals surface area contributed by atoms with Crippen molar-refractivity contribution in [1.29, 1.82) is 0 Å². The van der Waals surface area contributed by atoms with E-state index in [1.165, 1.54) is 5.56 Å². The second kappa shape index (κ2) is 9.84. The smallest absolute Gasteiger partial charge is 0.245 e. The highest BCUT2D eigenvalue weighted by Crippen LogP contribution is 2.34. The Hall–Kier alpha value is -2.74. The van der Waals surface area contributed by atoms with E-state index in [4.69, 9.17) is 9.47 Å². The summed E-state index contributed by atoms with van der Waals surface area (Å²) in [7, 11) is -3.67. The molecule has 0 saturated heterocycles. The minimum atomic E-state index is -3.67. The first-order valence-corrected chi connectivity index (χ1v) is 11.8. The van der Waals surface area contributed by atoms with Gasteiger partial charge in [-0.3, -0.25) is 9.10 Å². The van der Waals surface area contributed by atoms with Gasteiger partial charge in [-0.05, 0) is 49.6 Å². The number of sulfonamides is 1. The molecule has 3 rings (SSSR count). The molecule has 0 radical (unpaired) electrons. The number of hydrogen-bond acceptors (Lipinski definition) is 5. The number of unbranched alkanes of at least 4 members (excludes halogenated alkanes) is 1. The number of nitrogens with one attached hydrogen (secondary N) is 1. The lowest BCUT2D eigenvalue weighted by Gasteiger charge is -2.25. The normalized spacial score (nSPS) is 13.0. The summed E-state index contributed by atoms with van der Waals surface area (Å²) in [4.78, 5) is 12.6. The lowest BCUT2D eigenvalue weighted by Crippen LogP contribution is -2.39. The van der Waals surface area contributed by atoms with Gasteiger partial charge in [0.25, 0.3) is 0 Å². The van der Waals surface area contributed by atoms with Crippen molar-refractivity contribution in [1.82, 2.24) is 0 Å². The molecule has 1 aliphatic heterocycles. The van der Waals surface area contributed by atoms with Gasteiger partial charge in [-0.2, -0.15) is 0 Å². The summed E-state index contributed by atoms with van der Waals surface area (Å²) in [5, 5.41) is 2.78. The van der Waals surface area contributed by atoms with Crippen LogP contribution < -0.4 is 19.1 Å². The van der Waals surface area contributed by atoms with Crippen molar-refractivity contribution < 1.29 is 22.7 Å². The average Bonchev–Trinajstić information content (AvgIpc) is 2.76. The highest BCUT2D eigenvalue weighted by molar-refractivity contribution is 7.92. The molecule has 30 heavy (non-hydrogen) atoms. The van der Waals surface area contributed by atoms with Gasteiger partial charge in [0.1, 0.15) is 19.8 Å². The number of rotatable bonds is 9. The van der Waals surface area contributed by atoms with Crippen molar-refractivity contribution >= 4 is 27.3 Å². The minimum absolute atomic E-state index is 0.124. The number of amides is 1. The van der Waals surface area contributed by atoms with Gasteiger partial charge >= 0.3 is 0 Å². The van der Waals surface area contributed by atoms with E-state index < -0.39 is 15.9 Å². The van der Waals surface area contributed by atoms with Crippen LogP contribution in [0.15, 0.2) is 42.5 Å². The molecule has 0 aromatic heterocycles. The van der Waals surface area contributed by atoms with E-state index in [0.717, 1.165) is 23.6 Å². The number of carbonyl (C=O) groups is 1. The number of nitrogens with zero attached hydrogens (tertiary/aromatic N) is 1. The molecule has 0 unspecified atom stereocenters. The van der Waals surface area contributed by atoms with E-state index >= 15 is 0 Å². The monoisotopic (exact) mass is 432 g/mol. The minimum Gasteiger partial charge on any atom is -0.486 e. The van der Waals surface area contributed by atoms with Gasteiger partial charge in [-0.25, -0.2) is 8.42 Å². The molecule has 8 heteroatoms. The fourth-order valence-corrected chi connectivity index (χ4v) is 4.22. The summed E-state index contributed by atoms with van der Waals surface area (Å²) < 4.78 is 37.5. The Bertz CT molecular complexity index is 974. The van der Waals surface area contributed by atoms with Crippen LogP contribution >= 0.6 is 0 Å². The molecule has 1 N–H and O–H groups in total. The molecule has 0 atom stereocenters. The molecule has 0 spiro atoms. The summed E-state index contributed by atoms with van der Waals surface area (Å²) in [5.41, 5.74) is 2.21. The summed E-state index contributed by atoms with van der Waals surface area (Å²) in [6, 6.07) is 12.5. The third-order valence-electron chi connectivity index (χ3n) is 4.86. The fourth-order valence-electron chi connectivity index (χ4n) is 3.16. The first kappa shape index (κ1) is 22.0. The highest BCUT2D eigenvalue weighted by atomic mass is 32.2. The second-order valence-corrected chi connectivity index (χ2v) is 9.27. The molecule has 7 nitrogen and oxygen atoms in total. The van der Waals surface area contributed by atoms with Crippen LogP contribution in [0.25, 0.3) is 0 Å². The largest absolute Gasteiger partial charge is 0.486 e. The van der Waals surface area contributed by atoms with Gasteiger partial charge in [-0.1, -0.05) is 25.5 Å². The molecular formula is C22H28N2O5S. The van der Waals surface area contributed by atoms with Gasteiger partial charge in [0, 0.05) is 11.8 Å². The maximum absolute atomic E-state index is 12.7. The zero-order chi connectivity index (χ0) is 21.6. The molecule has 0 aliphatic carbocycles. The fraction of sp³-hybridized carbons (Fsp3) is 0.409. The number of benzene rings is 2. The van der Waals surface area contributed by atoms with Crippen LogP contribution in [0, 0.1) is 0 Å². The van der Waals surface area contributed by atoms with E-state index in [1.807, 2.05) is 24.3 Å². The molecule has 1 amide bonds. The van der Waals surface area contributed by atoms with Crippen molar-refractivity contribution in [3.8, 4) is 11.5 Å². The van der Waals surface area contributed by atoms with Crippen LogP contribution in [0.3, 0.4) is 0 Å². The molecule has 0 saturated carbocycles. The Labute approximate surface area is 178 Å². The molecule has 2 aromatic carbocycles. The highest BCUT2D eigenvalue weighted by Gasteiger charge is 2.25. The summed E-state index contributed by atoms with van der Waals surface area (Å²) in [5.74, 6) is 0.494. The van der Waals surface area contributed by atoms with Crippen molar-refractivity contribution in [3.05, 3.63) is 48.0 Å². The Balaban J connectivity index is 1.74. The van der Waals surface area contributed by atoms with Gasteiger partial charge in [0.05, 0.1) is 11.4 Å². The maximum Gasteiger partial charge on any atom is 0.245 e. The van der Waals surface area contributed by atoms with Gasteiger partial charge in [0.15, 0.2) is 11.5 Å². The van der Waals surface area contributed by atoms with E-state index in [2.05, 4.69) is 12.2 Å². The molecule has 0 fully saturated rings. The predicted octanol–water partition coefficient (Wildman–Crippen LogP) is 3.60. The third-order valence-corrected chi connectivity index (χ3v) is 6.60. The van der Waals surface area contributed by atoms with Gasteiger partial charge < -0.3 is 14.8 Å². The van der Waals surface area contributed by atoms with Crippen LogP contribution in [-0.2, 0) is 21.2 Å². The van der Waals surface area contributed by atoms with Crippen LogP contribution in [0.5, 0.6) is 11.5 Å². The molecule has 0 bridgehead atoms. The quantitative estimate of drug-likeness (QED) is 0.655. The predicted molar refractivity (Wildman–Crippen MR) is 118 cm³/mol. The number of fused-ring (bicyclic) bond motifs is 1. The van der Waals surface area contributed by atoms with Crippen LogP contribution in [-0.4, -0.2) is 39.8 Å². The Morgan fingerprint density at radius 1 is 1.03 bits per heavy atom. The molecule has 1 heterocycles. The SMILES string of the molecule is CCCCc1ccc(NC(=O)CN(c2ccc3c(c2)OCCO3)S(=O)(=O)CC)cc1. The number of aryl methyl sites for hydroxylation is 1. The Morgan fingerprint density at radius 3 is 2.40 bits per heavy atom. The number of hydrogen-bond donors (Lipinski definition) is 1. The summed E-state index contributed by atoms with van der Waals surface area (Å²) in [6.07, 6.45) is 3.24. The number of anilines is 2. The van der Waals surface area contributed by atoms with Crippen molar-refractivity contribution in [2.24, 2.45) is 0 Å². The van der Waals surface area contributed by atoms with Crippen molar-refractivity contribution in [2.45, 2.75) is 33.1 Å². The maximum atomic E-state index is 12.7. The zero-order valence-electron chi connectivity index (χ0n) is 17.4. The lowest BCUT2D eigenvalue weighted by atomic mass is 10.1. The van der Waals surface area contributed by atoms with Gasteiger partial charge in [-0.15, -0.1) is 0 Å². The molecule has 162 valence electrons. The van der Waals surface area contributed by atoms with E-state index in [-0.39, 0.29) is 12.3 Å². The third kappa shape index (κ3) is 5.44. The summed E-state index contributed by atoms with van der Waals surface area (Å²) >= 11 is 0. The molecule has 2 aromatic rings. The number of carbonyl (C=O) groups excluding carboxylic acids is 1.